The Morgan fingerprint density at radius 1 is 1.12 bits per heavy atom. The van der Waals surface area contributed by atoms with Crippen LogP contribution in [0.5, 0.6) is 0 Å². The van der Waals surface area contributed by atoms with Crippen LogP contribution in [0.25, 0.3) is 28.0 Å². The molecular weight excluding hydrogens is 578 g/mol. The molecule has 4 heterocycles. The summed E-state index contributed by atoms with van der Waals surface area (Å²) in [7, 11) is -3.90. The number of sulfone groups is 1. The van der Waals surface area contributed by atoms with Crippen molar-refractivity contribution < 1.29 is 22.0 Å². The molecule has 10 nitrogen and oxygen atoms in total. The molecule has 0 bridgehead atoms. The SMILES string of the molecule is C=CC(=O)N1CCN(c2nc(=O)n(-c3c(S(C)(=O)=O)ccnc3C(C)C)c3nc(-c4ccccc4F)c(F)cc23)[C@@H](C)C1. The van der Waals surface area contributed by atoms with Crippen LogP contribution >= 0.6 is 0 Å². The average molecular weight is 609 g/mol. The van der Waals surface area contributed by atoms with Crippen LogP contribution in [0.4, 0.5) is 14.6 Å². The number of rotatable bonds is 6. The maximum absolute atomic E-state index is 15.8. The molecule has 0 N–H and O–H groups in total. The fourth-order valence-corrected chi connectivity index (χ4v) is 6.22. The Kier molecular flexibility index (Phi) is 7.86. The van der Waals surface area contributed by atoms with Gasteiger partial charge in [0.05, 0.1) is 21.7 Å². The minimum Gasteiger partial charge on any atom is -0.350 e. The Labute approximate surface area is 247 Å². The summed E-state index contributed by atoms with van der Waals surface area (Å²) in [5, 5.41) is 0.102. The maximum atomic E-state index is 15.8. The van der Waals surface area contributed by atoms with Crippen molar-refractivity contribution in [3.63, 3.8) is 0 Å². The summed E-state index contributed by atoms with van der Waals surface area (Å²) in [6, 6.07) is 7.58. The number of aromatic nitrogens is 4. The van der Waals surface area contributed by atoms with Crippen molar-refractivity contribution in [2.45, 2.75) is 37.6 Å². The molecule has 0 saturated carbocycles. The standard InChI is InChI=1S/C30H30F2N6O4S/c1-6-24(39)36-13-14-37(18(4)16-36)28-20-15-22(32)26(19-9-7-8-10-21(19)31)34-29(20)38(30(40)35-28)27-23(43(5,41)42)11-12-33-25(27)17(2)3/h6-12,15,17-18H,1,13-14,16H2,2-5H3/t18-/m0/s1. The van der Waals surface area contributed by atoms with Gasteiger partial charge in [-0.3, -0.25) is 9.78 Å². The van der Waals surface area contributed by atoms with Gasteiger partial charge in [0, 0.05) is 43.7 Å². The molecule has 13 heteroatoms. The van der Waals surface area contributed by atoms with Gasteiger partial charge in [-0.05, 0) is 43.2 Å². The van der Waals surface area contributed by atoms with Gasteiger partial charge in [0.1, 0.15) is 23.1 Å². The second-order valence-electron chi connectivity index (χ2n) is 10.7. The number of pyridine rings is 2. The van der Waals surface area contributed by atoms with Crippen LogP contribution in [0.2, 0.25) is 0 Å². The van der Waals surface area contributed by atoms with Crippen LogP contribution < -0.4 is 10.6 Å². The first-order valence-electron chi connectivity index (χ1n) is 13.6. The third kappa shape index (κ3) is 5.40. The molecule has 0 aliphatic carbocycles. The van der Waals surface area contributed by atoms with Crippen molar-refractivity contribution in [1.82, 2.24) is 24.4 Å². The number of hydrogen-bond acceptors (Lipinski definition) is 8. The summed E-state index contributed by atoms with van der Waals surface area (Å²) in [5.74, 6) is -2.06. The summed E-state index contributed by atoms with van der Waals surface area (Å²) in [6.07, 6.45) is 3.57. The molecule has 0 unspecified atom stereocenters. The predicted octanol–water partition coefficient (Wildman–Crippen LogP) is 3.87. The van der Waals surface area contributed by atoms with E-state index in [0.717, 1.165) is 23.0 Å². The number of benzene rings is 1. The molecule has 0 radical (unpaired) electrons. The molecule has 1 aromatic carbocycles. The minimum atomic E-state index is -3.90. The Bertz CT molecular complexity index is 1940. The van der Waals surface area contributed by atoms with E-state index in [4.69, 9.17) is 0 Å². The number of hydrogen-bond donors (Lipinski definition) is 0. The van der Waals surface area contributed by atoms with Gasteiger partial charge in [-0.25, -0.2) is 31.5 Å². The van der Waals surface area contributed by atoms with E-state index in [0.29, 0.717) is 13.1 Å². The molecular formula is C30H30F2N6O4S. The fourth-order valence-electron chi connectivity index (χ4n) is 5.37. The van der Waals surface area contributed by atoms with E-state index in [2.05, 4.69) is 21.5 Å². The lowest BCUT2D eigenvalue weighted by atomic mass is 10.1. The van der Waals surface area contributed by atoms with Crippen LogP contribution in [-0.2, 0) is 14.6 Å². The molecule has 43 heavy (non-hydrogen) atoms. The van der Waals surface area contributed by atoms with E-state index in [9.17, 15) is 22.4 Å². The van der Waals surface area contributed by atoms with Gasteiger partial charge in [0.25, 0.3) is 0 Å². The van der Waals surface area contributed by atoms with Crippen LogP contribution in [0.15, 0.2) is 64.9 Å². The molecule has 1 aliphatic rings. The minimum absolute atomic E-state index is 0.0536. The zero-order valence-electron chi connectivity index (χ0n) is 24.1. The molecule has 5 rings (SSSR count). The monoisotopic (exact) mass is 608 g/mol. The van der Waals surface area contributed by atoms with Crippen LogP contribution in [0.1, 0.15) is 32.4 Å². The van der Waals surface area contributed by atoms with Crippen molar-refractivity contribution in [2.24, 2.45) is 0 Å². The van der Waals surface area contributed by atoms with Crippen molar-refractivity contribution in [1.29, 1.82) is 0 Å². The van der Waals surface area contributed by atoms with Crippen molar-refractivity contribution in [3.8, 4) is 16.9 Å². The number of carbonyl (C=O) groups is 1. The molecule has 1 saturated heterocycles. The number of fused-ring (bicyclic) bond motifs is 1. The predicted molar refractivity (Wildman–Crippen MR) is 159 cm³/mol. The largest absolute Gasteiger partial charge is 0.355 e. The van der Waals surface area contributed by atoms with Crippen LogP contribution in [-0.4, -0.2) is 70.7 Å². The highest BCUT2D eigenvalue weighted by atomic mass is 32.2. The van der Waals surface area contributed by atoms with Crippen molar-refractivity contribution in [3.05, 3.63) is 83.1 Å². The van der Waals surface area contributed by atoms with Crippen molar-refractivity contribution in [2.75, 3.05) is 30.8 Å². The van der Waals surface area contributed by atoms with E-state index in [1.807, 2.05) is 6.92 Å². The quantitative estimate of drug-likeness (QED) is 0.303. The Morgan fingerprint density at radius 2 is 1.84 bits per heavy atom. The highest BCUT2D eigenvalue weighted by molar-refractivity contribution is 7.90. The molecule has 1 aliphatic heterocycles. The highest BCUT2D eigenvalue weighted by Crippen LogP contribution is 2.34. The van der Waals surface area contributed by atoms with Gasteiger partial charge >= 0.3 is 5.69 Å². The molecule has 1 amide bonds. The third-order valence-electron chi connectivity index (χ3n) is 7.40. The summed E-state index contributed by atoms with van der Waals surface area (Å²) < 4.78 is 57.6. The van der Waals surface area contributed by atoms with Gasteiger partial charge in [0.15, 0.2) is 15.5 Å². The Balaban J connectivity index is 1.88. The number of nitrogens with zero attached hydrogens (tertiary/aromatic N) is 6. The second kappa shape index (κ2) is 11.3. The summed E-state index contributed by atoms with van der Waals surface area (Å²) in [4.78, 5) is 42.6. The van der Waals surface area contributed by atoms with Crippen molar-refractivity contribution >= 4 is 32.6 Å². The van der Waals surface area contributed by atoms with E-state index in [-0.39, 0.29) is 68.8 Å². The zero-order valence-corrected chi connectivity index (χ0v) is 24.9. The molecule has 224 valence electrons. The Hall–Kier alpha value is -4.52. The lowest BCUT2D eigenvalue weighted by molar-refractivity contribution is -0.126. The number of amides is 1. The normalized spacial score (nSPS) is 15.7. The molecule has 1 fully saturated rings. The van der Waals surface area contributed by atoms with E-state index in [1.165, 1.54) is 36.5 Å². The van der Waals surface area contributed by atoms with Gasteiger partial charge in [-0.15, -0.1) is 0 Å². The molecule has 0 spiro atoms. The third-order valence-corrected chi connectivity index (χ3v) is 8.53. The number of anilines is 1. The lowest BCUT2D eigenvalue weighted by Crippen LogP contribution is -2.54. The average Bonchev–Trinajstić information content (AvgIpc) is 2.96. The smallest absolute Gasteiger partial charge is 0.350 e. The number of halogens is 2. The summed E-state index contributed by atoms with van der Waals surface area (Å²) in [5.41, 5.74) is -1.26. The van der Waals surface area contributed by atoms with Gasteiger partial charge < -0.3 is 9.80 Å². The first-order chi connectivity index (χ1) is 20.3. The van der Waals surface area contributed by atoms with Crippen LogP contribution in [0, 0.1) is 11.6 Å². The first-order valence-corrected chi connectivity index (χ1v) is 15.5. The maximum Gasteiger partial charge on any atom is 0.355 e. The van der Waals surface area contributed by atoms with Gasteiger partial charge in [0.2, 0.25) is 5.91 Å². The number of piperazine rings is 1. The van der Waals surface area contributed by atoms with E-state index in [1.54, 1.807) is 23.6 Å². The number of carbonyl (C=O) groups excluding carboxylic acids is 1. The summed E-state index contributed by atoms with van der Waals surface area (Å²) >= 11 is 0. The van der Waals surface area contributed by atoms with Gasteiger partial charge in [-0.1, -0.05) is 32.6 Å². The fraction of sp³-hybridized carbons (Fsp3) is 0.300. The topological polar surface area (TPSA) is 118 Å². The molecule has 4 aromatic rings. The zero-order chi connectivity index (χ0) is 31.2. The second-order valence-corrected chi connectivity index (χ2v) is 12.7. The Morgan fingerprint density at radius 3 is 2.47 bits per heavy atom. The molecule has 3 aromatic heterocycles. The van der Waals surface area contributed by atoms with E-state index >= 15 is 4.39 Å². The molecule has 1 atom stereocenters. The first kappa shape index (κ1) is 30.0. The van der Waals surface area contributed by atoms with Crippen LogP contribution in [0.3, 0.4) is 0 Å². The highest BCUT2D eigenvalue weighted by Gasteiger charge is 2.31. The lowest BCUT2D eigenvalue weighted by Gasteiger charge is -2.40. The summed E-state index contributed by atoms with van der Waals surface area (Å²) in [6.45, 7) is 9.80. The van der Waals surface area contributed by atoms with E-state index < -0.39 is 27.2 Å². The van der Waals surface area contributed by atoms with Gasteiger partial charge in [-0.2, -0.15) is 4.98 Å².